The Kier molecular flexibility index (Phi) is 4.77. The third-order valence-electron chi connectivity index (χ3n) is 3.07. The number of nitrogens with one attached hydrogen (secondary N) is 1. The van der Waals surface area contributed by atoms with Gasteiger partial charge in [-0.2, -0.15) is 0 Å². The molecular formula is C16H19NO4. The molecule has 0 aliphatic rings. The Labute approximate surface area is 124 Å². The number of hydrogen-bond donors (Lipinski definition) is 2. The maximum absolute atomic E-state index is 9.46. The summed E-state index contributed by atoms with van der Waals surface area (Å²) >= 11 is 0. The van der Waals surface area contributed by atoms with Crippen molar-refractivity contribution in [1.82, 2.24) is 0 Å². The van der Waals surface area contributed by atoms with Crippen LogP contribution < -0.4 is 19.5 Å². The normalized spacial score (nSPS) is 10.0. The van der Waals surface area contributed by atoms with E-state index in [-0.39, 0.29) is 5.75 Å². The number of anilines is 1. The minimum atomic E-state index is 0.249. The Morgan fingerprint density at radius 2 is 1.62 bits per heavy atom. The van der Waals surface area contributed by atoms with Gasteiger partial charge in [-0.1, -0.05) is 12.1 Å². The second-order valence-electron chi connectivity index (χ2n) is 4.44. The van der Waals surface area contributed by atoms with E-state index < -0.39 is 0 Å². The van der Waals surface area contributed by atoms with E-state index in [4.69, 9.17) is 14.2 Å². The Bertz CT molecular complexity index is 588. The number of phenols is 1. The molecule has 0 heterocycles. The van der Waals surface area contributed by atoms with Crippen molar-refractivity contribution >= 4 is 5.69 Å². The van der Waals surface area contributed by atoms with E-state index >= 15 is 0 Å². The van der Waals surface area contributed by atoms with E-state index in [1.54, 1.807) is 33.5 Å². The molecule has 0 saturated carbocycles. The lowest BCUT2D eigenvalue weighted by Crippen LogP contribution is -2.01. The molecule has 0 atom stereocenters. The van der Waals surface area contributed by atoms with Crippen LogP contribution in [0.25, 0.3) is 0 Å². The molecular weight excluding hydrogens is 270 g/mol. The van der Waals surface area contributed by atoms with E-state index in [1.165, 1.54) is 0 Å². The first-order chi connectivity index (χ1) is 10.2. The van der Waals surface area contributed by atoms with Gasteiger partial charge in [-0.25, -0.2) is 0 Å². The predicted octanol–water partition coefficient (Wildman–Crippen LogP) is 3.03. The number of hydrogen-bond acceptors (Lipinski definition) is 5. The van der Waals surface area contributed by atoms with E-state index in [0.29, 0.717) is 23.8 Å². The summed E-state index contributed by atoms with van der Waals surface area (Å²) in [5.41, 5.74) is 1.82. The number of rotatable bonds is 6. The lowest BCUT2D eigenvalue weighted by Gasteiger charge is -2.15. The van der Waals surface area contributed by atoms with Crippen molar-refractivity contribution in [2.45, 2.75) is 6.54 Å². The topological polar surface area (TPSA) is 60.0 Å². The zero-order chi connectivity index (χ0) is 15.2. The number of ether oxygens (including phenoxy) is 3. The standard InChI is InChI=1S/C16H19NO4/c1-19-14-8-12(9-15(20-2)16(14)21-3)17-10-11-5-4-6-13(18)7-11/h4-9,17-18H,10H2,1-3H3. The summed E-state index contributed by atoms with van der Waals surface area (Å²) in [5, 5.41) is 12.7. The van der Waals surface area contributed by atoms with Gasteiger partial charge in [-0.3, -0.25) is 0 Å². The highest BCUT2D eigenvalue weighted by Gasteiger charge is 2.12. The molecule has 0 spiro atoms. The predicted molar refractivity (Wildman–Crippen MR) is 81.5 cm³/mol. The minimum Gasteiger partial charge on any atom is -0.508 e. The third kappa shape index (κ3) is 3.51. The van der Waals surface area contributed by atoms with Crippen LogP contribution in [-0.4, -0.2) is 26.4 Å². The molecule has 2 rings (SSSR count). The van der Waals surface area contributed by atoms with Crippen molar-refractivity contribution in [3.05, 3.63) is 42.0 Å². The van der Waals surface area contributed by atoms with Crippen LogP contribution in [0.4, 0.5) is 5.69 Å². The molecule has 5 nitrogen and oxygen atoms in total. The summed E-state index contributed by atoms with van der Waals surface area (Å²) in [4.78, 5) is 0. The van der Waals surface area contributed by atoms with Crippen molar-refractivity contribution in [3.63, 3.8) is 0 Å². The Balaban J connectivity index is 2.20. The van der Waals surface area contributed by atoms with Crippen LogP contribution in [0.1, 0.15) is 5.56 Å². The number of aromatic hydroxyl groups is 1. The monoisotopic (exact) mass is 289 g/mol. The van der Waals surface area contributed by atoms with Crippen LogP contribution in [0, 0.1) is 0 Å². The van der Waals surface area contributed by atoms with Gasteiger partial charge in [0.05, 0.1) is 21.3 Å². The van der Waals surface area contributed by atoms with Gasteiger partial charge in [0.1, 0.15) is 5.75 Å². The maximum Gasteiger partial charge on any atom is 0.203 e. The van der Waals surface area contributed by atoms with Crippen LogP contribution in [-0.2, 0) is 6.54 Å². The highest BCUT2D eigenvalue weighted by molar-refractivity contribution is 5.62. The maximum atomic E-state index is 9.46. The Morgan fingerprint density at radius 1 is 0.952 bits per heavy atom. The molecule has 2 N–H and O–H groups in total. The molecule has 5 heteroatoms. The summed E-state index contributed by atoms with van der Waals surface area (Å²) in [7, 11) is 4.73. The van der Waals surface area contributed by atoms with Crippen LogP contribution >= 0.6 is 0 Å². The fourth-order valence-electron chi connectivity index (χ4n) is 2.05. The number of phenolic OH excluding ortho intramolecular Hbond substituents is 1. The van der Waals surface area contributed by atoms with Crippen molar-refractivity contribution < 1.29 is 19.3 Å². The van der Waals surface area contributed by atoms with Gasteiger partial charge in [0, 0.05) is 24.4 Å². The molecule has 0 unspecified atom stereocenters. The second kappa shape index (κ2) is 6.74. The molecule has 0 amide bonds. The molecule has 0 aromatic heterocycles. The van der Waals surface area contributed by atoms with Crippen molar-refractivity contribution in [2.75, 3.05) is 26.6 Å². The largest absolute Gasteiger partial charge is 0.508 e. The molecule has 2 aromatic rings. The van der Waals surface area contributed by atoms with Gasteiger partial charge in [-0.15, -0.1) is 0 Å². The zero-order valence-electron chi connectivity index (χ0n) is 12.3. The minimum absolute atomic E-state index is 0.249. The van der Waals surface area contributed by atoms with Gasteiger partial charge >= 0.3 is 0 Å². The van der Waals surface area contributed by atoms with Crippen molar-refractivity contribution in [2.24, 2.45) is 0 Å². The van der Waals surface area contributed by atoms with Gasteiger partial charge in [0.2, 0.25) is 5.75 Å². The summed E-state index contributed by atoms with van der Waals surface area (Å²) in [5.74, 6) is 1.99. The first-order valence-electron chi connectivity index (χ1n) is 6.49. The van der Waals surface area contributed by atoms with E-state index in [1.807, 2.05) is 24.3 Å². The van der Waals surface area contributed by atoms with E-state index in [0.717, 1.165) is 11.3 Å². The molecule has 0 fully saturated rings. The summed E-state index contributed by atoms with van der Waals surface area (Å²) in [6.45, 7) is 0.576. The van der Waals surface area contributed by atoms with Crippen LogP contribution in [0.2, 0.25) is 0 Å². The average Bonchev–Trinajstić information content (AvgIpc) is 2.51. The van der Waals surface area contributed by atoms with Gasteiger partial charge < -0.3 is 24.6 Å². The summed E-state index contributed by atoms with van der Waals surface area (Å²) in [6, 6.07) is 10.8. The lowest BCUT2D eigenvalue weighted by atomic mass is 10.2. The smallest absolute Gasteiger partial charge is 0.203 e. The van der Waals surface area contributed by atoms with Gasteiger partial charge in [0.15, 0.2) is 11.5 Å². The molecule has 0 aliphatic heterocycles. The van der Waals surface area contributed by atoms with Crippen molar-refractivity contribution in [3.8, 4) is 23.0 Å². The molecule has 112 valence electrons. The van der Waals surface area contributed by atoms with Gasteiger partial charge in [0.25, 0.3) is 0 Å². The highest BCUT2D eigenvalue weighted by Crippen LogP contribution is 2.40. The average molecular weight is 289 g/mol. The first kappa shape index (κ1) is 14.8. The Morgan fingerprint density at radius 3 is 2.14 bits per heavy atom. The van der Waals surface area contributed by atoms with Crippen molar-refractivity contribution in [1.29, 1.82) is 0 Å². The summed E-state index contributed by atoms with van der Waals surface area (Å²) < 4.78 is 15.9. The highest BCUT2D eigenvalue weighted by atomic mass is 16.5. The molecule has 0 bridgehead atoms. The van der Waals surface area contributed by atoms with E-state index in [9.17, 15) is 5.11 Å². The molecule has 0 radical (unpaired) electrons. The lowest BCUT2D eigenvalue weighted by molar-refractivity contribution is 0.324. The first-order valence-corrected chi connectivity index (χ1v) is 6.49. The zero-order valence-corrected chi connectivity index (χ0v) is 12.3. The van der Waals surface area contributed by atoms with Gasteiger partial charge in [-0.05, 0) is 17.7 Å². The van der Waals surface area contributed by atoms with E-state index in [2.05, 4.69) is 5.32 Å². The van der Waals surface area contributed by atoms with Crippen LogP contribution in [0.3, 0.4) is 0 Å². The summed E-state index contributed by atoms with van der Waals surface area (Å²) in [6.07, 6.45) is 0. The molecule has 2 aromatic carbocycles. The quantitative estimate of drug-likeness (QED) is 0.856. The SMILES string of the molecule is COc1cc(NCc2cccc(O)c2)cc(OC)c1OC. The van der Waals surface area contributed by atoms with Crippen LogP contribution in [0.5, 0.6) is 23.0 Å². The number of methoxy groups -OCH3 is 3. The molecule has 0 saturated heterocycles. The fraction of sp³-hybridized carbons (Fsp3) is 0.250. The molecule has 0 aliphatic carbocycles. The van der Waals surface area contributed by atoms with Crippen LogP contribution in [0.15, 0.2) is 36.4 Å². The molecule has 21 heavy (non-hydrogen) atoms. The third-order valence-corrected chi connectivity index (χ3v) is 3.07. The fourth-order valence-corrected chi connectivity index (χ4v) is 2.05. The Hall–Kier alpha value is -2.56. The second-order valence-corrected chi connectivity index (χ2v) is 4.44. The number of benzene rings is 2.